The van der Waals surface area contributed by atoms with Crippen molar-refractivity contribution in [2.45, 2.75) is 20.3 Å². The van der Waals surface area contributed by atoms with E-state index >= 15 is 0 Å². The standard InChI is InChI=1S/C17H14FN3/c1-11-3-5-14(12(2)9-11)17-15(7-8-19)21-10-13(18)4-6-16(21)20-17/h3-6,9-10H,7H2,1-2H3. The van der Waals surface area contributed by atoms with Crippen LogP contribution in [0.25, 0.3) is 16.9 Å². The molecule has 0 aliphatic carbocycles. The molecule has 0 N–H and O–H groups in total. The Bertz CT molecular complexity index is 872. The van der Waals surface area contributed by atoms with Gasteiger partial charge in [-0.15, -0.1) is 0 Å². The minimum atomic E-state index is -0.341. The summed E-state index contributed by atoms with van der Waals surface area (Å²) in [5.74, 6) is -0.341. The molecule has 4 heteroatoms. The van der Waals surface area contributed by atoms with Gasteiger partial charge in [-0.1, -0.05) is 23.8 Å². The number of hydrogen-bond donors (Lipinski definition) is 0. The molecule has 3 nitrogen and oxygen atoms in total. The van der Waals surface area contributed by atoms with Gasteiger partial charge in [0.15, 0.2) is 0 Å². The number of fused-ring (bicyclic) bond motifs is 1. The minimum absolute atomic E-state index is 0.188. The van der Waals surface area contributed by atoms with Gasteiger partial charge in [0.05, 0.1) is 23.9 Å². The van der Waals surface area contributed by atoms with Gasteiger partial charge < -0.3 is 0 Å². The van der Waals surface area contributed by atoms with E-state index in [2.05, 4.69) is 17.1 Å². The molecule has 0 bridgehead atoms. The van der Waals surface area contributed by atoms with E-state index in [0.29, 0.717) is 5.65 Å². The lowest BCUT2D eigenvalue weighted by atomic mass is 10.0. The molecule has 0 aliphatic rings. The summed E-state index contributed by atoms with van der Waals surface area (Å²) in [6.07, 6.45) is 1.56. The molecule has 0 atom stereocenters. The summed E-state index contributed by atoms with van der Waals surface area (Å²) >= 11 is 0. The number of halogens is 1. The van der Waals surface area contributed by atoms with Crippen LogP contribution in [0.1, 0.15) is 16.8 Å². The second kappa shape index (κ2) is 5.02. The third-order valence-corrected chi connectivity index (χ3v) is 3.56. The van der Waals surface area contributed by atoms with Gasteiger partial charge in [-0.25, -0.2) is 9.37 Å². The molecule has 0 spiro atoms. The van der Waals surface area contributed by atoms with Crippen LogP contribution in [0.3, 0.4) is 0 Å². The predicted octanol–water partition coefficient (Wildman–Crippen LogP) is 3.82. The van der Waals surface area contributed by atoms with Gasteiger partial charge in [0.1, 0.15) is 11.5 Å². The predicted molar refractivity (Wildman–Crippen MR) is 79.4 cm³/mol. The average molecular weight is 279 g/mol. The molecule has 2 aromatic heterocycles. The third-order valence-electron chi connectivity index (χ3n) is 3.56. The molecule has 3 rings (SSSR count). The summed E-state index contributed by atoms with van der Waals surface area (Å²) in [7, 11) is 0. The number of aryl methyl sites for hydroxylation is 2. The molecular formula is C17H14FN3. The minimum Gasteiger partial charge on any atom is -0.299 e. The fourth-order valence-electron chi connectivity index (χ4n) is 2.61. The highest BCUT2D eigenvalue weighted by Gasteiger charge is 2.15. The number of nitrogens with zero attached hydrogens (tertiary/aromatic N) is 3. The molecule has 3 aromatic rings. The maximum absolute atomic E-state index is 13.5. The lowest BCUT2D eigenvalue weighted by molar-refractivity contribution is 0.618. The first-order valence-electron chi connectivity index (χ1n) is 6.71. The first-order valence-corrected chi connectivity index (χ1v) is 6.71. The highest BCUT2D eigenvalue weighted by molar-refractivity contribution is 5.70. The fraction of sp³-hybridized carbons (Fsp3) is 0.176. The van der Waals surface area contributed by atoms with E-state index in [1.54, 1.807) is 10.5 Å². The number of aromatic nitrogens is 2. The smallest absolute Gasteiger partial charge is 0.139 e. The zero-order valence-electron chi connectivity index (χ0n) is 11.9. The molecule has 21 heavy (non-hydrogen) atoms. The number of rotatable bonds is 2. The Morgan fingerprint density at radius 3 is 2.76 bits per heavy atom. The quantitative estimate of drug-likeness (QED) is 0.715. The summed E-state index contributed by atoms with van der Waals surface area (Å²) < 4.78 is 15.1. The van der Waals surface area contributed by atoms with E-state index in [1.165, 1.54) is 17.8 Å². The third kappa shape index (κ3) is 2.27. The van der Waals surface area contributed by atoms with Crippen LogP contribution in [0.5, 0.6) is 0 Å². The normalized spacial score (nSPS) is 10.8. The van der Waals surface area contributed by atoms with Gasteiger partial charge in [0.25, 0.3) is 0 Å². The monoisotopic (exact) mass is 279 g/mol. The molecule has 0 aliphatic heterocycles. The second-order valence-electron chi connectivity index (χ2n) is 5.14. The SMILES string of the molecule is Cc1ccc(-c2nc3ccc(F)cn3c2CC#N)c(C)c1. The van der Waals surface area contributed by atoms with Crippen LogP contribution >= 0.6 is 0 Å². The molecule has 0 amide bonds. The topological polar surface area (TPSA) is 41.1 Å². The lowest BCUT2D eigenvalue weighted by Crippen LogP contribution is -1.95. The van der Waals surface area contributed by atoms with Crippen molar-refractivity contribution in [1.82, 2.24) is 9.38 Å². The molecule has 0 radical (unpaired) electrons. The van der Waals surface area contributed by atoms with E-state index in [1.807, 2.05) is 26.0 Å². The maximum Gasteiger partial charge on any atom is 0.139 e. The van der Waals surface area contributed by atoms with Crippen LogP contribution in [0, 0.1) is 31.0 Å². The largest absolute Gasteiger partial charge is 0.299 e. The Hall–Kier alpha value is -2.67. The number of benzene rings is 1. The van der Waals surface area contributed by atoms with Gasteiger partial charge in [0, 0.05) is 11.8 Å². The van der Waals surface area contributed by atoms with Gasteiger partial charge in [-0.2, -0.15) is 5.26 Å². The van der Waals surface area contributed by atoms with Crippen molar-refractivity contribution in [3.8, 4) is 17.3 Å². The lowest BCUT2D eigenvalue weighted by Gasteiger charge is -2.06. The molecular weight excluding hydrogens is 265 g/mol. The van der Waals surface area contributed by atoms with Crippen LogP contribution in [-0.4, -0.2) is 9.38 Å². The highest BCUT2D eigenvalue weighted by Crippen LogP contribution is 2.28. The van der Waals surface area contributed by atoms with Crippen molar-refractivity contribution >= 4 is 5.65 Å². The van der Waals surface area contributed by atoms with Crippen LogP contribution in [-0.2, 0) is 6.42 Å². The zero-order chi connectivity index (χ0) is 15.0. The van der Waals surface area contributed by atoms with E-state index in [4.69, 9.17) is 5.26 Å². The molecule has 0 unspecified atom stereocenters. The first-order chi connectivity index (χ1) is 10.1. The van der Waals surface area contributed by atoms with Gasteiger partial charge in [-0.3, -0.25) is 4.40 Å². The van der Waals surface area contributed by atoms with Crippen molar-refractivity contribution < 1.29 is 4.39 Å². The average Bonchev–Trinajstić information content (AvgIpc) is 2.78. The number of pyridine rings is 1. The van der Waals surface area contributed by atoms with Crippen molar-refractivity contribution in [1.29, 1.82) is 5.26 Å². The molecule has 104 valence electrons. The molecule has 1 aromatic carbocycles. The Balaban J connectivity index is 2.31. The van der Waals surface area contributed by atoms with Gasteiger partial charge in [0.2, 0.25) is 0 Å². The summed E-state index contributed by atoms with van der Waals surface area (Å²) in [5, 5.41) is 9.07. The van der Waals surface area contributed by atoms with Crippen LogP contribution < -0.4 is 0 Å². The Morgan fingerprint density at radius 1 is 1.24 bits per heavy atom. The first kappa shape index (κ1) is 13.3. The summed E-state index contributed by atoms with van der Waals surface area (Å²) in [6.45, 7) is 4.05. The Labute approximate surface area is 122 Å². The van der Waals surface area contributed by atoms with Gasteiger partial charge in [-0.05, 0) is 31.5 Å². The van der Waals surface area contributed by atoms with Crippen molar-refractivity contribution in [3.63, 3.8) is 0 Å². The van der Waals surface area contributed by atoms with Crippen LogP contribution in [0.2, 0.25) is 0 Å². The number of imidazole rings is 1. The highest BCUT2D eigenvalue weighted by atomic mass is 19.1. The summed E-state index contributed by atoms with van der Waals surface area (Å²) in [4.78, 5) is 4.58. The maximum atomic E-state index is 13.5. The van der Waals surface area contributed by atoms with E-state index in [-0.39, 0.29) is 12.2 Å². The van der Waals surface area contributed by atoms with Crippen molar-refractivity contribution in [2.24, 2.45) is 0 Å². The molecule has 2 heterocycles. The van der Waals surface area contributed by atoms with Crippen LogP contribution in [0.15, 0.2) is 36.5 Å². The second-order valence-corrected chi connectivity index (χ2v) is 5.14. The van der Waals surface area contributed by atoms with Crippen molar-refractivity contribution in [2.75, 3.05) is 0 Å². The molecule has 0 fully saturated rings. The summed E-state index contributed by atoms with van der Waals surface area (Å²) in [6, 6.07) is 11.2. The van der Waals surface area contributed by atoms with Crippen molar-refractivity contribution in [3.05, 3.63) is 59.2 Å². The number of nitriles is 1. The van der Waals surface area contributed by atoms with E-state index in [0.717, 1.165) is 22.5 Å². The van der Waals surface area contributed by atoms with E-state index in [9.17, 15) is 4.39 Å². The molecule has 0 saturated carbocycles. The Morgan fingerprint density at radius 2 is 2.05 bits per heavy atom. The van der Waals surface area contributed by atoms with Crippen LogP contribution in [0.4, 0.5) is 4.39 Å². The van der Waals surface area contributed by atoms with E-state index < -0.39 is 0 Å². The fourth-order valence-corrected chi connectivity index (χ4v) is 2.61. The summed E-state index contributed by atoms with van der Waals surface area (Å²) in [5.41, 5.74) is 5.37. The molecule has 0 saturated heterocycles. The number of hydrogen-bond acceptors (Lipinski definition) is 2. The zero-order valence-corrected chi connectivity index (χ0v) is 11.9. The van der Waals surface area contributed by atoms with Gasteiger partial charge >= 0.3 is 0 Å². The Kier molecular flexibility index (Phi) is 3.19.